The summed E-state index contributed by atoms with van der Waals surface area (Å²) < 4.78 is 1.69. The van der Waals surface area contributed by atoms with Crippen LogP contribution in [-0.4, -0.2) is 31.6 Å². The van der Waals surface area contributed by atoms with Gasteiger partial charge in [0, 0.05) is 5.22 Å². The van der Waals surface area contributed by atoms with E-state index in [-0.39, 0.29) is 5.91 Å². The second-order valence-electron chi connectivity index (χ2n) is 7.04. The van der Waals surface area contributed by atoms with Gasteiger partial charge in [-0.25, -0.2) is 9.69 Å². The standard InChI is InChI=1S/C22H19ClN6OS/c1-3-31-22-25-21(30)18-15-11-7-8-12-16(15)24-20(29(18)27-22)17-13(2)26-28(19(17)23)14-9-5-4-6-10-14/h4-12,20H,3H2,1-2H3,(H,25,27,30)/t20-/m1/s1. The number of aryl methyl sites for hydroxylation is 1. The first-order valence-corrected chi connectivity index (χ1v) is 11.2. The summed E-state index contributed by atoms with van der Waals surface area (Å²) in [6.07, 6.45) is -0.603. The molecule has 7 nitrogen and oxygen atoms in total. The summed E-state index contributed by atoms with van der Waals surface area (Å²) in [7, 11) is 0. The van der Waals surface area contributed by atoms with E-state index in [4.69, 9.17) is 21.7 Å². The number of carbonyl (C=O) groups is 1. The van der Waals surface area contributed by atoms with Crippen LogP contribution in [0.3, 0.4) is 0 Å². The number of amidine groups is 1. The fourth-order valence-electron chi connectivity index (χ4n) is 3.76. The van der Waals surface area contributed by atoms with Crippen LogP contribution in [0.15, 0.2) is 64.7 Å². The molecule has 1 atom stereocenters. The fraction of sp³-hybridized carbons (Fsp3) is 0.182. The van der Waals surface area contributed by atoms with Crippen LogP contribution in [0.5, 0.6) is 0 Å². The van der Waals surface area contributed by atoms with Gasteiger partial charge in [-0.1, -0.05) is 66.7 Å². The van der Waals surface area contributed by atoms with Crippen molar-refractivity contribution in [2.75, 3.05) is 5.75 Å². The second kappa shape index (κ2) is 7.86. The number of fused-ring (bicyclic) bond motifs is 2. The topological polar surface area (TPSA) is 74.9 Å². The van der Waals surface area contributed by atoms with E-state index in [9.17, 15) is 4.79 Å². The van der Waals surface area contributed by atoms with E-state index in [0.717, 1.165) is 33.3 Å². The summed E-state index contributed by atoms with van der Waals surface area (Å²) in [4.78, 5) is 18.0. The average Bonchev–Trinajstić information content (AvgIpc) is 3.07. The van der Waals surface area contributed by atoms with Gasteiger partial charge in [-0.15, -0.1) is 5.10 Å². The average molecular weight is 451 g/mol. The van der Waals surface area contributed by atoms with Crippen LogP contribution in [0, 0.1) is 6.92 Å². The predicted molar refractivity (Wildman–Crippen MR) is 122 cm³/mol. The Morgan fingerprint density at radius 3 is 2.65 bits per heavy atom. The number of carbonyl (C=O) groups excluding carboxylic acids is 1. The van der Waals surface area contributed by atoms with Gasteiger partial charge in [-0.3, -0.25) is 15.1 Å². The molecule has 0 saturated heterocycles. The van der Waals surface area contributed by atoms with Crippen molar-refractivity contribution in [3.8, 4) is 5.69 Å². The zero-order valence-electron chi connectivity index (χ0n) is 16.9. The molecule has 0 saturated carbocycles. The molecule has 1 amide bonds. The van der Waals surface area contributed by atoms with Crippen molar-refractivity contribution in [2.45, 2.75) is 20.0 Å². The van der Waals surface area contributed by atoms with Crippen molar-refractivity contribution >= 4 is 40.1 Å². The highest BCUT2D eigenvalue weighted by atomic mass is 35.5. The largest absolute Gasteiger partial charge is 0.298 e. The van der Waals surface area contributed by atoms with Gasteiger partial charge in [0.05, 0.1) is 22.3 Å². The molecule has 3 heterocycles. The number of hydrazone groups is 1. The smallest absolute Gasteiger partial charge is 0.276 e. The molecule has 156 valence electrons. The third-order valence-corrected chi connectivity index (χ3v) is 6.21. The van der Waals surface area contributed by atoms with Crippen LogP contribution in [0.4, 0.5) is 0 Å². The van der Waals surface area contributed by atoms with E-state index in [2.05, 4.69) is 10.4 Å². The summed E-state index contributed by atoms with van der Waals surface area (Å²) in [5.74, 6) is 0.578. The molecule has 0 unspecified atom stereocenters. The lowest BCUT2D eigenvalue weighted by molar-refractivity contribution is -0.116. The van der Waals surface area contributed by atoms with Crippen molar-refractivity contribution in [3.63, 3.8) is 0 Å². The van der Waals surface area contributed by atoms with Gasteiger partial charge in [0.2, 0.25) is 0 Å². The quantitative estimate of drug-likeness (QED) is 0.665. The predicted octanol–water partition coefficient (Wildman–Crippen LogP) is 2.73. The Labute approximate surface area is 188 Å². The molecule has 2 aliphatic heterocycles. The number of benzene rings is 2. The van der Waals surface area contributed by atoms with Crippen molar-refractivity contribution in [1.82, 2.24) is 20.1 Å². The molecular formula is C22H19ClN6OS. The molecule has 3 aromatic rings. The van der Waals surface area contributed by atoms with E-state index in [1.165, 1.54) is 11.8 Å². The Morgan fingerprint density at radius 2 is 1.87 bits per heavy atom. The van der Waals surface area contributed by atoms with Crippen molar-refractivity contribution in [3.05, 3.63) is 81.6 Å². The van der Waals surface area contributed by atoms with E-state index in [1.807, 2.05) is 68.4 Å². The summed E-state index contributed by atoms with van der Waals surface area (Å²) in [6.45, 7) is 3.91. The highest BCUT2D eigenvalue weighted by Crippen LogP contribution is 2.37. The number of amides is 1. The third-order valence-electron chi connectivity index (χ3n) is 5.10. The summed E-state index contributed by atoms with van der Waals surface area (Å²) in [6, 6.07) is 17.3. The van der Waals surface area contributed by atoms with Gasteiger partial charge in [0.25, 0.3) is 5.91 Å². The first-order valence-electron chi connectivity index (χ1n) is 9.88. The molecular weight excluding hydrogens is 432 g/mol. The number of aromatic nitrogens is 2. The maximum absolute atomic E-state index is 13.1. The molecule has 1 aromatic heterocycles. The first kappa shape index (κ1) is 19.8. The number of hydrogen-bond acceptors (Lipinski definition) is 6. The SMILES string of the molecule is CCSC1=NN2C(=c3ccccc3=N[C@H]2c2c(C)nn(-c3ccccc3)c2Cl)C(=O)N1. The van der Waals surface area contributed by atoms with Crippen LogP contribution in [0.1, 0.15) is 24.3 Å². The van der Waals surface area contributed by atoms with Gasteiger partial charge in [-0.05, 0) is 30.9 Å². The molecule has 31 heavy (non-hydrogen) atoms. The minimum Gasteiger partial charge on any atom is -0.298 e. The van der Waals surface area contributed by atoms with Gasteiger partial charge < -0.3 is 0 Å². The lowest BCUT2D eigenvalue weighted by atomic mass is 10.1. The molecule has 5 rings (SSSR count). The van der Waals surface area contributed by atoms with Gasteiger partial charge in [-0.2, -0.15) is 5.10 Å². The lowest BCUT2D eigenvalue weighted by Gasteiger charge is -2.33. The van der Waals surface area contributed by atoms with Crippen molar-refractivity contribution in [1.29, 1.82) is 0 Å². The Bertz CT molecular complexity index is 1330. The van der Waals surface area contributed by atoms with Crippen LogP contribution in [-0.2, 0) is 4.79 Å². The van der Waals surface area contributed by atoms with Crippen molar-refractivity contribution in [2.24, 2.45) is 10.1 Å². The summed E-state index contributed by atoms with van der Waals surface area (Å²) >= 11 is 8.31. The zero-order valence-corrected chi connectivity index (χ0v) is 18.5. The molecule has 0 spiro atoms. The number of thioether (sulfide) groups is 1. The van der Waals surface area contributed by atoms with Crippen LogP contribution >= 0.6 is 23.4 Å². The highest BCUT2D eigenvalue weighted by Gasteiger charge is 2.37. The third kappa shape index (κ3) is 3.32. The molecule has 0 bridgehead atoms. The summed E-state index contributed by atoms with van der Waals surface area (Å²) in [5.41, 5.74) is 2.76. The zero-order chi connectivity index (χ0) is 21.5. The number of halogens is 1. The maximum Gasteiger partial charge on any atom is 0.276 e. The molecule has 2 aromatic carbocycles. The lowest BCUT2D eigenvalue weighted by Crippen LogP contribution is -2.50. The van der Waals surface area contributed by atoms with Crippen molar-refractivity contribution < 1.29 is 4.79 Å². The highest BCUT2D eigenvalue weighted by molar-refractivity contribution is 8.13. The Balaban J connectivity index is 1.73. The number of hydrogen-bond donors (Lipinski definition) is 1. The number of rotatable bonds is 3. The normalized spacial score (nSPS) is 17.5. The molecule has 2 aliphatic rings. The van der Waals surface area contributed by atoms with E-state index in [0.29, 0.717) is 16.0 Å². The Hall–Kier alpha value is -3.10. The van der Waals surface area contributed by atoms with Gasteiger partial charge in [0.15, 0.2) is 11.3 Å². The molecule has 0 fully saturated rings. The number of para-hydroxylation sites is 2. The molecule has 0 radical (unpaired) electrons. The van der Waals surface area contributed by atoms with E-state index < -0.39 is 6.17 Å². The van der Waals surface area contributed by atoms with Crippen LogP contribution in [0.25, 0.3) is 11.4 Å². The first-order chi connectivity index (χ1) is 15.1. The number of nitrogens with one attached hydrogen (secondary N) is 1. The number of nitrogens with zero attached hydrogens (tertiary/aromatic N) is 5. The Morgan fingerprint density at radius 1 is 1.13 bits per heavy atom. The fourth-order valence-corrected chi connectivity index (χ4v) is 4.72. The molecule has 0 aliphatic carbocycles. The Kier molecular flexibility index (Phi) is 5.03. The monoisotopic (exact) mass is 450 g/mol. The minimum atomic E-state index is -0.603. The summed E-state index contributed by atoms with van der Waals surface area (Å²) in [5, 5.41) is 16.4. The minimum absolute atomic E-state index is 0.206. The van der Waals surface area contributed by atoms with Crippen LogP contribution in [0.2, 0.25) is 5.15 Å². The second-order valence-corrected chi connectivity index (χ2v) is 8.65. The maximum atomic E-state index is 13.1. The molecule has 1 N–H and O–H groups in total. The van der Waals surface area contributed by atoms with E-state index in [1.54, 1.807) is 9.69 Å². The van der Waals surface area contributed by atoms with E-state index >= 15 is 0 Å². The van der Waals surface area contributed by atoms with Crippen LogP contribution < -0.4 is 15.9 Å². The van der Waals surface area contributed by atoms with Gasteiger partial charge in [0.1, 0.15) is 10.9 Å². The molecule has 9 heteroatoms. The van der Waals surface area contributed by atoms with Gasteiger partial charge >= 0.3 is 0 Å².